The van der Waals surface area contributed by atoms with Gasteiger partial charge >= 0.3 is 0 Å². The van der Waals surface area contributed by atoms with Gasteiger partial charge in [-0.15, -0.1) is 0 Å². The average molecular weight is 285 g/mol. The third-order valence-corrected chi connectivity index (χ3v) is 4.79. The van der Waals surface area contributed by atoms with Crippen LogP contribution in [0.15, 0.2) is 23.4 Å². The van der Waals surface area contributed by atoms with E-state index in [0.29, 0.717) is 16.8 Å². The van der Waals surface area contributed by atoms with Crippen LogP contribution in [0.1, 0.15) is 31.9 Å². The molecule has 0 saturated heterocycles. The minimum Gasteiger partial charge on any atom is -0.409 e. The van der Waals surface area contributed by atoms with Crippen molar-refractivity contribution in [3.63, 3.8) is 0 Å². The SMILES string of the molecule is Cc1cccc(NS(=O)(=O)C(C)(C)C)c1/C(N)=N/O. The fourth-order valence-electron chi connectivity index (χ4n) is 1.44. The summed E-state index contributed by atoms with van der Waals surface area (Å²) < 4.78 is 25.8. The largest absolute Gasteiger partial charge is 0.409 e. The summed E-state index contributed by atoms with van der Waals surface area (Å²) in [6.07, 6.45) is 0. The molecule has 0 amide bonds. The third kappa shape index (κ3) is 3.17. The zero-order valence-corrected chi connectivity index (χ0v) is 12.2. The van der Waals surface area contributed by atoms with Crippen LogP contribution in [0.25, 0.3) is 0 Å². The monoisotopic (exact) mass is 285 g/mol. The van der Waals surface area contributed by atoms with Crippen LogP contribution in [0, 0.1) is 6.92 Å². The summed E-state index contributed by atoms with van der Waals surface area (Å²) in [5.74, 6) is -0.135. The third-order valence-electron chi connectivity index (χ3n) is 2.69. The van der Waals surface area contributed by atoms with Crippen molar-refractivity contribution in [3.05, 3.63) is 29.3 Å². The van der Waals surface area contributed by atoms with Crippen LogP contribution >= 0.6 is 0 Å². The van der Waals surface area contributed by atoms with E-state index in [4.69, 9.17) is 10.9 Å². The van der Waals surface area contributed by atoms with E-state index in [-0.39, 0.29) is 5.84 Å². The number of nitrogens with one attached hydrogen (secondary N) is 1. The maximum atomic E-state index is 12.1. The Hall–Kier alpha value is -1.76. The quantitative estimate of drug-likeness (QED) is 0.340. The predicted molar refractivity (Wildman–Crippen MR) is 76.0 cm³/mol. The van der Waals surface area contributed by atoms with E-state index < -0.39 is 14.8 Å². The number of anilines is 1. The number of aryl methyl sites for hydroxylation is 1. The molecule has 0 atom stereocenters. The Morgan fingerprint density at radius 2 is 1.95 bits per heavy atom. The Balaban J connectivity index is 3.35. The molecule has 0 heterocycles. The van der Waals surface area contributed by atoms with E-state index in [9.17, 15) is 8.42 Å². The molecule has 0 saturated carbocycles. The lowest BCUT2D eigenvalue weighted by molar-refractivity contribution is 0.318. The van der Waals surface area contributed by atoms with Gasteiger partial charge in [-0.1, -0.05) is 17.3 Å². The van der Waals surface area contributed by atoms with E-state index in [1.165, 1.54) is 0 Å². The molecule has 0 aliphatic rings. The van der Waals surface area contributed by atoms with Crippen LogP contribution in [0.3, 0.4) is 0 Å². The molecule has 0 bridgehead atoms. The second-order valence-corrected chi connectivity index (χ2v) is 7.64. The highest BCUT2D eigenvalue weighted by molar-refractivity contribution is 7.94. The molecule has 0 aliphatic carbocycles. The van der Waals surface area contributed by atoms with E-state index in [1.54, 1.807) is 45.9 Å². The van der Waals surface area contributed by atoms with Crippen molar-refractivity contribution in [2.75, 3.05) is 4.72 Å². The van der Waals surface area contributed by atoms with Crippen LogP contribution in [0.5, 0.6) is 0 Å². The van der Waals surface area contributed by atoms with Crippen molar-refractivity contribution >= 4 is 21.5 Å². The van der Waals surface area contributed by atoms with E-state index in [0.717, 1.165) is 0 Å². The lowest BCUT2D eigenvalue weighted by Crippen LogP contribution is -2.34. The van der Waals surface area contributed by atoms with Gasteiger partial charge in [0.25, 0.3) is 0 Å². The first-order valence-electron chi connectivity index (χ1n) is 5.70. The fourth-order valence-corrected chi connectivity index (χ4v) is 2.21. The molecule has 7 heteroatoms. The first-order chi connectivity index (χ1) is 8.60. The molecule has 0 spiro atoms. The molecule has 0 unspecified atom stereocenters. The predicted octanol–water partition coefficient (Wildman–Crippen LogP) is 1.63. The number of rotatable bonds is 3. The number of benzene rings is 1. The van der Waals surface area contributed by atoms with Gasteiger partial charge in [-0.05, 0) is 39.3 Å². The second-order valence-electron chi connectivity index (χ2n) is 5.20. The van der Waals surface area contributed by atoms with Crippen molar-refractivity contribution in [2.45, 2.75) is 32.4 Å². The Kier molecular flexibility index (Phi) is 4.09. The van der Waals surface area contributed by atoms with Gasteiger partial charge in [0.05, 0.1) is 10.4 Å². The van der Waals surface area contributed by atoms with Crippen molar-refractivity contribution in [1.82, 2.24) is 0 Å². The Morgan fingerprint density at radius 1 is 1.37 bits per heavy atom. The molecule has 4 N–H and O–H groups in total. The Labute approximate surface area is 113 Å². The number of sulfonamides is 1. The normalized spacial score (nSPS) is 13.4. The molecule has 106 valence electrons. The standard InChI is InChI=1S/C12H19N3O3S/c1-8-6-5-7-9(10(8)11(13)14-16)15-19(17,18)12(2,3)4/h5-7,15-16H,1-4H3,(H2,13,14). The number of nitrogens with two attached hydrogens (primary N) is 1. The highest BCUT2D eigenvalue weighted by atomic mass is 32.2. The topological polar surface area (TPSA) is 105 Å². The van der Waals surface area contributed by atoms with Gasteiger partial charge < -0.3 is 10.9 Å². The van der Waals surface area contributed by atoms with Gasteiger partial charge in [0.15, 0.2) is 5.84 Å². The van der Waals surface area contributed by atoms with Gasteiger partial charge in [-0.25, -0.2) is 8.42 Å². The Bertz CT molecular complexity index is 601. The van der Waals surface area contributed by atoms with E-state index in [2.05, 4.69) is 9.88 Å². The first-order valence-corrected chi connectivity index (χ1v) is 7.18. The van der Waals surface area contributed by atoms with Crippen LogP contribution in [0.4, 0.5) is 5.69 Å². The minimum atomic E-state index is -3.57. The zero-order chi connectivity index (χ0) is 14.8. The smallest absolute Gasteiger partial charge is 0.237 e. The maximum absolute atomic E-state index is 12.1. The minimum absolute atomic E-state index is 0.135. The van der Waals surface area contributed by atoms with Gasteiger partial charge in [-0.3, -0.25) is 4.72 Å². The van der Waals surface area contributed by atoms with E-state index >= 15 is 0 Å². The number of nitrogens with zero attached hydrogens (tertiary/aromatic N) is 1. The van der Waals surface area contributed by atoms with Crippen LogP contribution in [-0.2, 0) is 10.0 Å². The summed E-state index contributed by atoms with van der Waals surface area (Å²) in [7, 11) is -3.57. The Morgan fingerprint density at radius 3 is 2.42 bits per heavy atom. The molecular weight excluding hydrogens is 266 g/mol. The molecule has 0 radical (unpaired) electrons. The van der Waals surface area contributed by atoms with Gasteiger partial charge in [0.1, 0.15) is 0 Å². The molecule has 0 aliphatic heterocycles. The lowest BCUT2D eigenvalue weighted by atomic mass is 10.1. The molecule has 6 nitrogen and oxygen atoms in total. The molecule has 19 heavy (non-hydrogen) atoms. The van der Waals surface area contributed by atoms with E-state index in [1.807, 2.05) is 0 Å². The highest BCUT2D eigenvalue weighted by Gasteiger charge is 2.30. The fraction of sp³-hybridized carbons (Fsp3) is 0.417. The summed E-state index contributed by atoms with van der Waals surface area (Å²) in [6.45, 7) is 6.53. The number of oxime groups is 1. The lowest BCUT2D eigenvalue weighted by Gasteiger charge is -2.22. The molecule has 0 fully saturated rings. The highest BCUT2D eigenvalue weighted by Crippen LogP contribution is 2.24. The molecule has 0 aromatic heterocycles. The maximum Gasteiger partial charge on any atom is 0.237 e. The van der Waals surface area contributed by atoms with Crippen molar-refractivity contribution < 1.29 is 13.6 Å². The average Bonchev–Trinajstić information content (AvgIpc) is 2.26. The van der Waals surface area contributed by atoms with Crippen LogP contribution < -0.4 is 10.5 Å². The van der Waals surface area contributed by atoms with Gasteiger partial charge in [0.2, 0.25) is 10.0 Å². The van der Waals surface area contributed by atoms with Gasteiger partial charge in [0, 0.05) is 5.56 Å². The van der Waals surface area contributed by atoms with Crippen LogP contribution in [0.2, 0.25) is 0 Å². The molecular formula is C12H19N3O3S. The number of hydrogen-bond acceptors (Lipinski definition) is 4. The van der Waals surface area contributed by atoms with Crippen LogP contribution in [-0.4, -0.2) is 24.2 Å². The van der Waals surface area contributed by atoms with Crippen molar-refractivity contribution in [1.29, 1.82) is 0 Å². The van der Waals surface area contributed by atoms with Crippen molar-refractivity contribution in [3.8, 4) is 0 Å². The molecule has 1 aromatic rings. The van der Waals surface area contributed by atoms with Gasteiger partial charge in [-0.2, -0.15) is 0 Å². The first kappa shape index (κ1) is 15.3. The van der Waals surface area contributed by atoms with Crippen molar-refractivity contribution in [2.24, 2.45) is 10.9 Å². The summed E-state index contributed by atoms with van der Waals surface area (Å²) in [6, 6.07) is 5.02. The number of hydrogen-bond donors (Lipinski definition) is 3. The zero-order valence-electron chi connectivity index (χ0n) is 11.4. The summed E-state index contributed by atoms with van der Waals surface area (Å²) >= 11 is 0. The summed E-state index contributed by atoms with van der Waals surface area (Å²) in [5.41, 5.74) is 6.97. The number of amidine groups is 1. The molecule has 1 rings (SSSR count). The second kappa shape index (κ2) is 5.08. The summed E-state index contributed by atoms with van der Waals surface area (Å²) in [5, 5.41) is 11.7. The molecule has 1 aromatic carbocycles. The summed E-state index contributed by atoms with van der Waals surface area (Å²) in [4.78, 5) is 0.